The van der Waals surface area contributed by atoms with Gasteiger partial charge < -0.3 is 14.4 Å². The van der Waals surface area contributed by atoms with Crippen molar-refractivity contribution in [2.45, 2.75) is 44.4 Å². The van der Waals surface area contributed by atoms with Crippen molar-refractivity contribution in [3.05, 3.63) is 0 Å². The van der Waals surface area contributed by atoms with E-state index < -0.39 is 0 Å². The smallest absolute Gasteiger partial charge is 0.308 e. The molecular weight excluding hydrogens is 194 g/mol. The van der Waals surface area contributed by atoms with Crippen LogP contribution in [0.3, 0.4) is 0 Å². The summed E-state index contributed by atoms with van der Waals surface area (Å²) in [7, 11) is 5.55. The van der Waals surface area contributed by atoms with Gasteiger partial charge in [0.15, 0.2) is 0 Å². The Morgan fingerprint density at radius 2 is 2.13 bits per heavy atom. The van der Waals surface area contributed by atoms with Gasteiger partial charge >= 0.3 is 5.97 Å². The summed E-state index contributed by atoms with van der Waals surface area (Å²) in [5.74, 6) is -0.188. The average molecular weight is 215 g/mol. The lowest BCUT2D eigenvalue weighted by Gasteiger charge is -2.36. The molecule has 4 heteroatoms. The Morgan fingerprint density at radius 1 is 1.47 bits per heavy atom. The SMILES string of the molecule is COC(=O)CC1CC(N(C)C)CC(C)O1. The fraction of sp³-hybridized carbons (Fsp3) is 0.909. The summed E-state index contributed by atoms with van der Waals surface area (Å²) >= 11 is 0. The number of esters is 1. The fourth-order valence-corrected chi connectivity index (χ4v) is 2.04. The Hall–Kier alpha value is -0.610. The number of hydrogen-bond donors (Lipinski definition) is 0. The van der Waals surface area contributed by atoms with Crippen LogP contribution in [-0.2, 0) is 14.3 Å². The molecule has 0 aromatic rings. The lowest BCUT2D eigenvalue weighted by molar-refractivity contribution is -0.147. The molecule has 0 bridgehead atoms. The maximum atomic E-state index is 11.1. The van der Waals surface area contributed by atoms with E-state index in [1.54, 1.807) is 0 Å². The summed E-state index contributed by atoms with van der Waals surface area (Å²) in [6.07, 6.45) is 2.54. The average Bonchev–Trinajstić information content (AvgIpc) is 2.16. The maximum absolute atomic E-state index is 11.1. The monoisotopic (exact) mass is 215 g/mol. The largest absolute Gasteiger partial charge is 0.469 e. The number of nitrogens with zero attached hydrogens (tertiary/aromatic N) is 1. The van der Waals surface area contributed by atoms with E-state index in [0.717, 1.165) is 12.8 Å². The van der Waals surface area contributed by atoms with Gasteiger partial charge in [-0.15, -0.1) is 0 Å². The standard InChI is InChI=1S/C11H21NO3/c1-8-5-9(12(2)3)6-10(15-8)7-11(13)14-4/h8-10H,5-7H2,1-4H3. The molecule has 0 aromatic heterocycles. The number of rotatable bonds is 3. The summed E-state index contributed by atoms with van der Waals surface area (Å²) < 4.78 is 10.4. The van der Waals surface area contributed by atoms with E-state index in [4.69, 9.17) is 4.74 Å². The molecule has 3 atom stereocenters. The second-order valence-electron chi connectivity index (χ2n) is 4.44. The lowest BCUT2D eigenvalue weighted by Crippen LogP contribution is -2.42. The van der Waals surface area contributed by atoms with Gasteiger partial charge in [0.1, 0.15) is 0 Å². The van der Waals surface area contributed by atoms with E-state index >= 15 is 0 Å². The van der Waals surface area contributed by atoms with Crippen molar-refractivity contribution in [1.29, 1.82) is 0 Å². The summed E-state index contributed by atoms with van der Waals surface area (Å²) in [6, 6.07) is 0.503. The summed E-state index contributed by atoms with van der Waals surface area (Å²) in [5, 5.41) is 0. The van der Waals surface area contributed by atoms with Crippen molar-refractivity contribution in [2.24, 2.45) is 0 Å². The number of hydrogen-bond acceptors (Lipinski definition) is 4. The van der Waals surface area contributed by atoms with Crippen molar-refractivity contribution in [2.75, 3.05) is 21.2 Å². The molecule has 1 rings (SSSR count). The minimum Gasteiger partial charge on any atom is -0.469 e. The third-order valence-electron chi connectivity index (χ3n) is 2.92. The lowest BCUT2D eigenvalue weighted by atomic mass is 9.96. The quantitative estimate of drug-likeness (QED) is 0.660. The second-order valence-corrected chi connectivity index (χ2v) is 4.44. The molecule has 0 aromatic carbocycles. The molecule has 3 unspecified atom stereocenters. The van der Waals surface area contributed by atoms with Crippen LogP contribution in [0, 0.1) is 0 Å². The molecule has 0 saturated carbocycles. The van der Waals surface area contributed by atoms with Crippen LogP contribution in [0.1, 0.15) is 26.2 Å². The normalized spacial score (nSPS) is 31.7. The van der Waals surface area contributed by atoms with E-state index in [1.165, 1.54) is 7.11 Å². The Kier molecular flexibility index (Phi) is 4.54. The van der Waals surface area contributed by atoms with E-state index in [2.05, 4.69) is 30.7 Å². The molecular formula is C11H21NO3. The molecule has 1 heterocycles. The molecule has 88 valence electrons. The minimum atomic E-state index is -0.188. The molecule has 1 saturated heterocycles. The number of ether oxygens (including phenoxy) is 2. The van der Waals surface area contributed by atoms with Crippen LogP contribution >= 0.6 is 0 Å². The topological polar surface area (TPSA) is 38.8 Å². The van der Waals surface area contributed by atoms with Crippen LogP contribution in [0.15, 0.2) is 0 Å². The van der Waals surface area contributed by atoms with Gasteiger partial charge in [-0.2, -0.15) is 0 Å². The van der Waals surface area contributed by atoms with Gasteiger partial charge in [0, 0.05) is 6.04 Å². The second kappa shape index (κ2) is 5.47. The summed E-state index contributed by atoms with van der Waals surface area (Å²) in [5.41, 5.74) is 0. The van der Waals surface area contributed by atoms with Gasteiger partial charge in [0.25, 0.3) is 0 Å². The minimum absolute atomic E-state index is 0.00796. The highest BCUT2D eigenvalue weighted by Gasteiger charge is 2.29. The van der Waals surface area contributed by atoms with E-state index in [1.807, 2.05) is 0 Å². The predicted molar refractivity (Wildman–Crippen MR) is 57.7 cm³/mol. The first-order valence-electron chi connectivity index (χ1n) is 5.41. The van der Waals surface area contributed by atoms with E-state index in [9.17, 15) is 4.79 Å². The van der Waals surface area contributed by atoms with Crippen molar-refractivity contribution in [1.82, 2.24) is 4.90 Å². The highest BCUT2D eigenvalue weighted by atomic mass is 16.5. The molecule has 1 aliphatic heterocycles. The van der Waals surface area contributed by atoms with Crippen molar-refractivity contribution < 1.29 is 14.3 Å². The Balaban J connectivity index is 2.48. The molecule has 0 N–H and O–H groups in total. The molecule has 0 spiro atoms. The highest BCUT2D eigenvalue weighted by Crippen LogP contribution is 2.24. The van der Waals surface area contributed by atoms with E-state index in [-0.39, 0.29) is 18.2 Å². The molecule has 15 heavy (non-hydrogen) atoms. The fourth-order valence-electron chi connectivity index (χ4n) is 2.04. The van der Waals surface area contributed by atoms with Crippen molar-refractivity contribution in [3.63, 3.8) is 0 Å². The third-order valence-corrected chi connectivity index (χ3v) is 2.92. The van der Waals surface area contributed by atoms with Crippen LogP contribution in [0.25, 0.3) is 0 Å². The van der Waals surface area contributed by atoms with Gasteiger partial charge in [-0.25, -0.2) is 0 Å². The Bertz CT molecular complexity index is 218. The van der Waals surface area contributed by atoms with Crippen molar-refractivity contribution >= 4 is 5.97 Å². The van der Waals surface area contributed by atoms with Gasteiger partial charge in [0.05, 0.1) is 25.7 Å². The molecule has 1 aliphatic rings. The van der Waals surface area contributed by atoms with E-state index in [0.29, 0.717) is 12.5 Å². The summed E-state index contributed by atoms with van der Waals surface area (Å²) in [6.45, 7) is 2.06. The van der Waals surface area contributed by atoms with Crippen LogP contribution in [-0.4, -0.2) is 50.3 Å². The predicted octanol–water partition coefficient (Wildman–Crippen LogP) is 1.05. The summed E-state index contributed by atoms with van der Waals surface area (Å²) in [4.78, 5) is 13.3. The zero-order chi connectivity index (χ0) is 11.4. The zero-order valence-electron chi connectivity index (χ0n) is 10.0. The van der Waals surface area contributed by atoms with Crippen LogP contribution < -0.4 is 0 Å². The maximum Gasteiger partial charge on any atom is 0.308 e. The van der Waals surface area contributed by atoms with Gasteiger partial charge in [-0.1, -0.05) is 0 Å². The zero-order valence-corrected chi connectivity index (χ0v) is 10.0. The van der Waals surface area contributed by atoms with Gasteiger partial charge in [-0.05, 0) is 33.9 Å². The van der Waals surface area contributed by atoms with Crippen molar-refractivity contribution in [3.8, 4) is 0 Å². The van der Waals surface area contributed by atoms with Gasteiger partial charge in [0.2, 0.25) is 0 Å². The molecule has 0 aliphatic carbocycles. The van der Waals surface area contributed by atoms with Crippen LogP contribution in [0.4, 0.5) is 0 Å². The first-order chi connectivity index (χ1) is 7.02. The molecule has 1 fully saturated rings. The highest BCUT2D eigenvalue weighted by molar-refractivity contribution is 5.69. The first-order valence-corrected chi connectivity index (χ1v) is 5.41. The number of methoxy groups -OCH3 is 1. The van der Waals surface area contributed by atoms with Crippen LogP contribution in [0.5, 0.6) is 0 Å². The molecule has 0 radical (unpaired) electrons. The van der Waals surface area contributed by atoms with Gasteiger partial charge in [-0.3, -0.25) is 4.79 Å². The molecule has 4 nitrogen and oxygen atoms in total. The van der Waals surface area contributed by atoms with Crippen LogP contribution in [0.2, 0.25) is 0 Å². The Morgan fingerprint density at radius 3 is 2.67 bits per heavy atom. The third kappa shape index (κ3) is 3.80. The number of carbonyl (C=O) groups is 1. The Labute approximate surface area is 91.5 Å². The first kappa shape index (κ1) is 12.5. The number of carbonyl (C=O) groups excluding carboxylic acids is 1. The molecule has 0 amide bonds.